The zero-order chi connectivity index (χ0) is 16.1. The molecule has 4 rings (SSSR count). The van der Waals surface area contributed by atoms with Crippen LogP contribution in [0.15, 0.2) is 47.3 Å². The molecule has 0 amide bonds. The van der Waals surface area contributed by atoms with Gasteiger partial charge in [-0.1, -0.05) is 23.7 Å². The van der Waals surface area contributed by atoms with Gasteiger partial charge in [-0.05, 0) is 31.2 Å². The number of nitrogens with zero attached hydrogens (tertiary/aromatic N) is 4. The normalized spacial score (nSPS) is 11.4. The van der Waals surface area contributed by atoms with Crippen molar-refractivity contribution in [1.29, 1.82) is 0 Å². The lowest BCUT2D eigenvalue weighted by Crippen LogP contribution is -2.19. The van der Waals surface area contributed by atoms with Gasteiger partial charge in [-0.15, -0.1) is 0 Å². The van der Waals surface area contributed by atoms with E-state index in [9.17, 15) is 4.79 Å². The van der Waals surface area contributed by atoms with E-state index in [2.05, 4.69) is 10.1 Å². The summed E-state index contributed by atoms with van der Waals surface area (Å²) in [6, 6.07) is 13.0. The van der Waals surface area contributed by atoms with E-state index in [1.807, 2.05) is 43.3 Å². The second kappa shape index (κ2) is 4.93. The van der Waals surface area contributed by atoms with Crippen molar-refractivity contribution in [2.24, 2.45) is 7.05 Å². The summed E-state index contributed by atoms with van der Waals surface area (Å²) in [6.45, 7) is 1.89. The molecule has 0 aliphatic rings. The number of benzene rings is 1. The van der Waals surface area contributed by atoms with Crippen molar-refractivity contribution in [2.75, 3.05) is 0 Å². The lowest BCUT2D eigenvalue weighted by Gasteiger charge is -2.05. The Balaban J connectivity index is 2.10. The molecule has 0 aliphatic heterocycles. The maximum Gasteiger partial charge on any atom is 0.261 e. The fourth-order valence-electron chi connectivity index (χ4n) is 2.83. The Labute approximate surface area is 136 Å². The SMILES string of the molecule is Cc1cc(-c2cc3n(C)c(=O)c4ccccc4n3n2)cc(Cl)n1. The van der Waals surface area contributed by atoms with Gasteiger partial charge in [-0.3, -0.25) is 9.36 Å². The molecule has 0 radical (unpaired) electrons. The van der Waals surface area contributed by atoms with Crippen LogP contribution < -0.4 is 5.56 Å². The van der Waals surface area contributed by atoms with Crippen LogP contribution >= 0.6 is 11.6 Å². The molecule has 3 heterocycles. The third-order valence-electron chi connectivity index (χ3n) is 3.92. The molecular weight excluding hydrogens is 312 g/mol. The molecule has 5 nitrogen and oxygen atoms in total. The third kappa shape index (κ3) is 2.12. The van der Waals surface area contributed by atoms with Gasteiger partial charge in [0.15, 0.2) is 0 Å². The fraction of sp³-hybridized carbons (Fsp3) is 0.118. The summed E-state index contributed by atoms with van der Waals surface area (Å²) in [4.78, 5) is 16.7. The van der Waals surface area contributed by atoms with E-state index < -0.39 is 0 Å². The number of pyridine rings is 1. The monoisotopic (exact) mass is 324 g/mol. The summed E-state index contributed by atoms with van der Waals surface area (Å²) in [5, 5.41) is 5.73. The van der Waals surface area contributed by atoms with Crippen LogP contribution in [0.25, 0.3) is 27.8 Å². The molecule has 23 heavy (non-hydrogen) atoms. The quantitative estimate of drug-likeness (QED) is 0.505. The molecular formula is C17H13ClN4O. The topological polar surface area (TPSA) is 52.2 Å². The molecule has 4 aromatic rings. The molecule has 0 fully saturated rings. The first-order chi connectivity index (χ1) is 11.0. The van der Waals surface area contributed by atoms with Gasteiger partial charge in [0.25, 0.3) is 5.56 Å². The highest BCUT2D eigenvalue weighted by Gasteiger charge is 2.13. The molecule has 0 spiro atoms. The number of hydrogen-bond acceptors (Lipinski definition) is 3. The largest absolute Gasteiger partial charge is 0.296 e. The Morgan fingerprint density at radius 1 is 1.13 bits per heavy atom. The van der Waals surface area contributed by atoms with Crippen molar-refractivity contribution < 1.29 is 0 Å². The van der Waals surface area contributed by atoms with Gasteiger partial charge in [0.05, 0.1) is 16.6 Å². The van der Waals surface area contributed by atoms with Crippen LogP contribution in [0.3, 0.4) is 0 Å². The van der Waals surface area contributed by atoms with Crippen molar-refractivity contribution in [3.63, 3.8) is 0 Å². The first-order valence-electron chi connectivity index (χ1n) is 7.16. The first-order valence-corrected chi connectivity index (χ1v) is 7.54. The summed E-state index contributed by atoms with van der Waals surface area (Å²) in [5.41, 5.74) is 3.93. The molecule has 6 heteroatoms. The molecule has 0 aliphatic carbocycles. The molecule has 1 aromatic carbocycles. The van der Waals surface area contributed by atoms with E-state index >= 15 is 0 Å². The first kappa shape index (κ1) is 14.0. The van der Waals surface area contributed by atoms with Crippen LogP contribution in [-0.2, 0) is 7.05 Å². The lowest BCUT2D eigenvalue weighted by atomic mass is 10.2. The van der Waals surface area contributed by atoms with E-state index in [1.165, 1.54) is 0 Å². The van der Waals surface area contributed by atoms with Crippen LogP contribution in [0, 0.1) is 6.92 Å². The molecule has 0 bridgehead atoms. The summed E-state index contributed by atoms with van der Waals surface area (Å²) in [7, 11) is 1.75. The lowest BCUT2D eigenvalue weighted by molar-refractivity contribution is 0.850. The number of aromatic nitrogens is 4. The van der Waals surface area contributed by atoms with Crippen LogP contribution in [0.5, 0.6) is 0 Å². The molecule has 114 valence electrons. The maximum atomic E-state index is 12.5. The van der Waals surface area contributed by atoms with Crippen molar-refractivity contribution in [3.05, 3.63) is 63.7 Å². The summed E-state index contributed by atoms with van der Waals surface area (Å²) < 4.78 is 3.39. The van der Waals surface area contributed by atoms with E-state index in [4.69, 9.17) is 11.6 Å². The Morgan fingerprint density at radius 3 is 2.70 bits per heavy atom. The number of fused-ring (bicyclic) bond motifs is 3. The molecule has 0 atom stereocenters. The van der Waals surface area contributed by atoms with Crippen molar-refractivity contribution >= 4 is 28.2 Å². The molecule has 0 N–H and O–H groups in total. The minimum absolute atomic E-state index is 0.0384. The van der Waals surface area contributed by atoms with Crippen molar-refractivity contribution in [3.8, 4) is 11.3 Å². The highest BCUT2D eigenvalue weighted by atomic mass is 35.5. The average Bonchev–Trinajstić information content (AvgIpc) is 2.97. The van der Waals surface area contributed by atoms with Crippen LogP contribution in [0.1, 0.15) is 5.69 Å². The van der Waals surface area contributed by atoms with Gasteiger partial charge in [-0.2, -0.15) is 5.10 Å². The average molecular weight is 325 g/mol. The number of rotatable bonds is 1. The summed E-state index contributed by atoms with van der Waals surface area (Å²) >= 11 is 6.05. The minimum atomic E-state index is -0.0384. The number of para-hydroxylation sites is 1. The molecule has 0 saturated carbocycles. The standard InChI is InChI=1S/C17H13ClN4O/c1-10-7-11(8-15(18)19-10)13-9-16-21(2)17(23)12-5-3-4-6-14(12)22(16)20-13/h3-9H,1-2H3. The highest BCUT2D eigenvalue weighted by molar-refractivity contribution is 6.29. The zero-order valence-corrected chi connectivity index (χ0v) is 13.4. The van der Waals surface area contributed by atoms with E-state index in [0.29, 0.717) is 10.5 Å². The Morgan fingerprint density at radius 2 is 1.91 bits per heavy atom. The number of hydrogen-bond donors (Lipinski definition) is 0. The van der Waals surface area contributed by atoms with Gasteiger partial charge in [-0.25, -0.2) is 9.50 Å². The van der Waals surface area contributed by atoms with Gasteiger partial charge in [0.2, 0.25) is 0 Å². The zero-order valence-electron chi connectivity index (χ0n) is 12.6. The van der Waals surface area contributed by atoms with Crippen molar-refractivity contribution in [1.82, 2.24) is 19.2 Å². The van der Waals surface area contributed by atoms with Gasteiger partial charge < -0.3 is 0 Å². The Kier molecular flexibility index (Phi) is 2.99. The van der Waals surface area contributed by atoms with E-state index in [0.717, 1.165) is 28.1 Å². The Hall–Kier alpha value is -2.66. The number of aryl methyl sites for hydroxylation is 2. The summed E-state index contributed by atoms with van der Waals surface area (Å²) in [6.07, 6.45) is 0. The summed E-state index contributed by atoms with van der Waals surface area (Å²) in [5.74, 6) is 0. The smallest absolute Gasteiger partial charge is 0.261 e. The second-order valence-corrected chi connectivity index (χ2v) is 5.89. The van der Waals surface area contributed by atoms with Crippen molar-refractivity contribution in [2.45, 2.75) is 6.92 Å². The van der Waals surface area contributed by atoms with Crippen LogP contribution in [0.4, 0.5) is 0 Å². The minimum Gasteiger partial charge on any atom is -0.296 e. The molecule has 0 unspecified atom stereocenters. The Bertz CT molecular complexity index is 1110. The fourth-order valence-corrected chi connectivity index (χ4v) is 3.08. The molecule has 3 aromatic heterocycles. The highest BCUT2D eigenvalue weighted by Crippen LogP contribution is 2.24. The van der Waals surface area contributed by atoms with Crippen LogP contribution in [-0.4, -0.2) is 19.2 Å². The van der Waals surface area contributed by atoms with Crippen LogP contribution in [0.2, 0.25) is 5.15 Å². The van der Waals surface area contributed by atoms with Gasteiger partial charge in [0.1, 0.15) is 10.8 Å². The molecule has 0 saturated heterocycles. The van der Waals surface area contributed by atoms with E-state index in [1.54, 1.807) is 22.2 Å². The van der Waals surface area contributed by atoms with Gasteiger partial charge >= 0.3 is 0 Å². The predicted octanol–water partition coefficient (Wildman–Crippen LogP) is 3.21. The predicted molar refractivity (Wildman–Crippen MR) is 90.9 cm³/mol. The third-order valence-corrected chi connectivity index (χ3v) is 4.11. The number of halogens is 1. The van der Waals surface area contributed by atoms with E-state index in [-0.39, 0.29) is 5.56 Å². The van der Waals surface area contributed by atoms with Gasteiger partial charge in [0, 0.05) is 24.4 Å². The second-order valence-electron chi connectivity index (χ2n) is 5.50. The maximum absolute atomic E-state index is 12.5.